The maximum atomic E-state index is 2.54. The Morgan fingerprint density at radius 1 is 0.232 bits per heavy atom. The monoisotopic (exact) mass is 877 g/mol. The molecule has 0 N–H and O–H groups in total. The van der Waals surface area contributed by atoms with Gasteiger partial charge in [0.1, 0.15) is 0 Å². The maximum absolute atomic E-state index is 2.54. The van der Waals surface area contributed by atoms with Crippen LogP contribution in [0, 0.1) is 0 Å². The van der Waals surface area contributed by atoms with Crippen molar-refractivity contribution in [1.82, 2.24) is 0 Å². The fourth-order valence-electron chi connectivity index (χ4n) is 12.1. The van der Waals surface area contributed by atoms with Gasteiger partial charge in [-0.25, -0.2) is 0 Å². The van der Waals surface area contributed by atoms with Gasteiger partial charge in [-0.15, -0.1) is 0 Å². The minimum atomic E-state index is -0.562. The molecule has 0 saturated heterocycles. The zero-order chi connectivity index (χ0) is 45.8. The predicted octanol–water partition coefficient (Wildman–Crippen LogP) is 17.2. The van der Waals surface area contributed by atoms with E-state index >= 15 is 0 Å². The molecule has 11 aromatic carbocycles. The molecule has 2 aliphatic carbocycles. The average molecular weight is 878 g/mol. The molecule has 0 aromatic heterocycles. The topological polar surface area (TPSA) is 3.24 Å². The van der Waals surface area contributed by atoms with Crippen molar-refractivity contribution in [2.24, 2.45) is 0 Å². The van der Waals surface area contributed by atoms with Gasteiger partial charge in [-0.3, -0.25) is 0 Å². The molecule has 0 unspecified atom stereocenters. The van der Waals surface area contributed by atoms with Crippen molar-refractivity contribution in [3.05, 3.63) is 330 Å². The van der Waals surface area contributed by atoms with E-state index in [1.54, 1.807) is 0 Å². The summed E-state index contributed by atoms with van der Waals surface area (Å²) in [4.78, 5) is 2.54. The number of benzene rings is 11. The summed E-state index contributed by atoms with van der Waals surface area (Å²) in [7, 11) is 0. The van der Waals surface area contributed by atoms with Gasteiger partial charge in [-0.05, 0) is 114 Å². The molecule has 0 heterocycles. The zero-order valence-corrected chi connectivity index (χ0v) is 38.1. The highest BCUT2D eigenvalue weighted by Crippen LogP contribution is 2.61. The van der Waals surface area contributed by atoms with Crippen LogP contribution >= 0.6 is 0 Å². The second kappa shape index (κ2) is 16.5. The molecule has 0 radical (unpaired) electrons. The third-order valence-corrected chi connectivity index (χ3v) is 14.8. The second-order valence-electron chi connectivity index (χ2n) is 18.3. The second-order valence-corrected chi connectivity index (χ2v) is 18.3. The van der Waals surface area contributed by atoms with Crippen molar-refractivity contribution in [1.29, 1.82) is 0 Å². The first-order chi connectivity index (χ1) is 34.3. The van der Waals surface area contributed by atoms with E-state index in [-0.39, 0.29) is 0 Å². The maximum Gasteiger partial charge on any atom is 0.0714 e. The van der Waals surface area contributed by atoms with Crippen LogP contribution in [0.1, 0.15) is 44.5 Å². The van der Waals surface area contributed by atoms with Gasteiger partial charge in [0, 0.05) is 16.9 Å². The summed E-state index contributed by atoms with van der Waals surface area (Å²) in [5.74, 6) is 0. The van der Waals surface area contributed by atoms with Crippen LogP contribution in [-0.4, -0.2) is 0 Å². The van der Waals surface area contributed by atoms with Crippen molar-refractivity contribution in [3.63, 3.8) is 0 Å². The predicted molar refractivity (Wildman–Crippen MR) is 287 cm³/mol. The van der Waals surface area contributed by atoms with Gasteiger partial charge in [-0.1, -0.05) is 255 Å². The average Bonchev–Trinajstić information content (AvgIpc) is 3.91. The Bertz CT molecular complexity index is 3570. The molecule has 1 heteroatoms. The lowest BCUT2D eigenvalue weighted by Gasteiger charge is -2.35. The number of nitrogens with zero attached hydrogens (tertiary/aromatic N) is 1. The summed E-state index contributed by atoms with van der Waals surface area (Å²) in [5, 5.41) is 0. The fourth-order valence-corrected chi connectivity index (χ4v) is 12.1. The molecule has 11 aromatic rings. The van der Waals surface area contributed by atoms with Crippen LogP contribution in [0.15, 0.2) is 285 Å². The molecule has 0 bridgehead atoms. The lowest BCUT2D eigenvalue weighted by molar-refractivity contribution is 0.768. The van der Waals surface area contributed by atoms with Gasteiger partial charge in [0.15, 0.2) is 0 Å². The van der Waals surface area contributed by atoms with Crippen molar-refractivity contribution < 1.29 is 0 Å². The summed E-state index contributed by atoms with van der Waals surface area (Å²) >= 11 is 0. The highest BCUT2D eigenvalue weighted by atomic mass is 15.1. The van der Waals surface area contributed by atoms with Gasteiger partial charge in [-0.2, -0.15) is 0 Å². The third-order valence-electron chi connectivity index (χ3n) is 14.8. The number of rotatable bonds is 9. The van der Waals surface area contributed by atoms with Crippen LogP contribution in [0.25, 0.3) is 44.5 Å². The van der Waals surface area contributed by atoms with Crippen LogP contribution in [0.3, 0.4) is 0 Å². The molecular weight excluding hydrogens is 831 g/mol. The van der Waals surface area contributed by atoms with Crippen LogP contribution in [-0.2, 0) is 10.8 Å². The van der Waals surface area contributed by atoms with Gasteiger partial charge in [0.2, 0.25) is 0 Å². The Labute approximate surface area is 404 Å². The molecule has 2 aliphatic rings. The highest BCUT2D eigenvalue weighted by molar-refractivity contribution is 5.99. The molecule has 0 spiro atoms. The Balaban J connectivity index is 1.12. The van der Waals surface area contributed by atoms with Crippen molar-refractivity contribution in [2.45, 2.75) is 10.8 Å². The molecule has 69 heavy (non-hydrogen) atoms. The van der Waals surface area contributed by atoms with E-state index in [2.05, 4.69) is 290 Å². The van der Waals surface area contributed by atoms with Crippen LogP contribution in [0.4, 0.5) is 17.1 Å². The smallest absolute Gasteiger partial charge is 0.0714 e. The van der Waals surface area contributed by atoms with Gasteiger partial charge in [0.25, 0.3) is 0 Å². The lowest BCUT2D eigenvalue weighted by Crippen LogP contribution is -2.29. The molecule has 324 valence electrons. The third kappa shape index (κ3) is 6.17. The lowest BCUT2D eigenvalue weighted by atomic mass is 9.67. The summed E-state index contributed by atoms with van der Waals surface area (Å²) in [6.07, 6.45) is 0. The van der Waals surface area contributed by atoms with Gasteiger partial charge >= 0.3 is 0 Å². The Morgan fingerprint density at radius 3 is 1.20 bits per heavy atom. The van der Waals surface area contributed by atoms with Gasteiger partial charge < -0.3 is 4.90 Å². The molecule has 13 rings (SSSR count). The SMILES string of the molecule is c1ccc(-c2ccccc2-c2cccc(N(c3ccc4c(c3)C(c3ccccc3)(c3ccccc3)c3ccccc3-4)c3cccc4c3-c3ccccc3C4(c3ccccc3)c3ccccc3)c2)cc1. The number of fused-ring (bicyclic) bond motifs is 6. The first kappa shape index (κ1) is 40.5. The van der Waals surface area contributed by atoms with Crippen LogP contribution in [0.5, 0.6) is 0 Å². The largest absolute Gasteiger partial charge is 0.310 e. The van der Waals surface area contributed by atoms with Gasteiger partial charge in [0.05, 0.1) is 16.5 Å². The van der Waals surface area contributed by atoms with E-state index in [9.17, 15) is 0 Å². The minimum Gasteiger partial charge on any atom is -0.310 e. The molecular formula is C68H47N. The van der Waals surface area contributed by atoms with Crippen molar-refractivity contribution in [2.75, 3.05) is 4.90 Å². The Hall–Kier alpha value is -8.78. The van der Waals surface area contributed by atoms with E-state index < -0.39 is 10.8 Å². The summed E-state index contributed by atoms with van der Waals surface area (Å²) < 4.78 is 0. The minimum absolute atomic E-state index is 0.554. The molecule has 0 atom stereocenters. The summed E-state index contributed by atoms with van der Waals surface area (Å²) in [6, 6.07) is 106. The summed E-state index contributed by atoms with van der Waals surface area (Å²) in [6.45, 7) is 0. The number of hydrogen-bond donors (Lipinski definition) is 0. The zero-order valence-electron chi connectivity index (χ0n) is 38.1. The van der Waals surface area contributed by atoms with Crippen molar-refractivity contribution in [3.8, 4) is 44.5 Å². The molecule has 0 saturated carbocycles. The standard InChI is InChI=1S/C68H47N/c1-6-24-48(25-7-1)56-36-16-17-37-57(56)49-26-22-35-54(46-49)69(55-44-45-59-58-38-18-20-40-61(58)68(64(59)47-55,52-31-12-4-13-32-52)53-33-14-5-15-34-53)65-43-23-42-63-66(65)60-39-19-21-41-62(60)67(63,50-27-8-2-9-28-50)51-29-10-3-11-30-51/h1-47H. The number of anilines is 3. The van der Waals surface area contributed by atoms with E-state index in [0.29, 0.717) is 0 Å². The normalized spacial score (nSPS) is 13.4. The quantitative estimate of drug-likeness (QED) is 0.140. The van der Waals surface area contributed by atoms with E-state index in [1.807, 2.05) is 0 Å². The Kier molecular flexibility index (Phi) is 9.70. The van der Waals surface area contributed by atoms with E-state index in [0.717, 1.165) is 22.6 Å². The molecule has 0 aliphatic heterocycles. The van der Waals surface area contributed by atoms with E-state index in [4.69, 9.17) is 0 Å². The number of hydrogen-bond acceptors (Lipinski definition) is 1. The molecule has 0 amide bonds. The van der Waals surface area contributed by atoms with Crippen LogP contribution < -0.4 is 4.90 Å². The highest BCUT2D eigenvalue weighted by Gasteiger charge is 2.49. The summed E-state index contributed by atoms with van der Waals surface area (Å²) in [5.41, 5.74) is 22.0. The fraction of sp³-hybridized carbons (Fsp3) is 0.0294. The molecule has 1 nitrogen and oxygen atoms in total. The first-order valence-electron chi connectivity index (χ1n) is 24.0. The first-order valence-corrected chi connectivity index (χ1v) is 24.0. The van der Waals surface area contributed by atoms with Crippen LogP contribution in [0.2, 0.25) is 0 Å². The van der Waals surface area contributed by atoms with E-state index in [1.165, 1.54) is 83.5 Å². The Morgan fingerprint density at radius 2 is 0.623 bits per heavy atom. The van der Waals surface area contributed by atoms with Crippen molar-refractivity contribution >= 4 is 17.1 Å². The molecule has 0 fully saturated rings.